The van der Waals surface area contributed by atoms with Crippen molar-refractivity contribution in [3.05, 3.63) is 18.1 Å². The smallest absolute Gasteiger partial charge is 0.270 e. The van der Waals surface area contributed by atoms with Crippen LogP contribution in [0.15, 0.2) is 16.9 Å². The van der Waals surface area contributed by atoms with E-state index in [0.717, 1.165) is 6.92 Å². The van der Waals surface area contributed by atoms with Crippen LogP contribution in [0, 0.1) is 6.17 Å². The number of halogens is 5. The predicted octanol–water partition coefficient (Wildman–Crippen LogP) is 2.75. The minimum absolute atomic E-state index is 0.209. The quantitative estimate of drug-likeness (QED) is 0.530. The molecule has 1 radical (unpaired) electrons. The summed E-state index contributed by atoms with van der Waals surface area (Å²) in [6, 6.07) is -2.55. The van der Waals surface area contributed by atoms with Crippen molar-refractivity contribution in [3.63, 3.8) is 0 Å². The molecule has 0 N–H and O–H groups in total. The highest BCUT2D eigenvalue weighted by Gasteiger charge is 2.47. The normalized spacial score (nSPS) is 25.5. The third-order valence-electron chi connectivity index (χ3n) is 1.50. The second-order valence-electron chi connectivity index (χ2n) is 2.54. The molecule has 1 aliphatic heterocycles. The molecule has 1 heterocycles. The second kappa shape index (κ2) is 3.08. The highest BCUT2D eigenvalue weighted by atomic mass is 19.4. The summed E-state index contributed by atoms with van der Waals surface area (Å²) in [5.41, 5.74) is -0.441. The molecule has 1 aliphatic rings. The van der Waals surface area contributed by atoms with E-state index in [1.807, 2.05) is 0 Å². The topological polar surface area (TPSA) is 12.4 Å². The van der Waals surface area contributed by atoms with Crippen LogP contribution in [0.2, 0.25) is 0 Å². The Morgan fingerprint density at radius 1 is 1.31 bits per heavy atom. The minimum Gasteiger partial charge on any atom is -0.270 e. The van der Waals surface area contributed by atoms with Gasteiger partial charge in [0.1, 0.15) is 5.83 Å². The largest absolute Gasteiger partial charge is 0.414 e. The molecule has 6 heteroatoms. The monoisotopic (exact) mass is 198 g/mol. The van der Waals surface area contributed by atoms with Gasteiger partial charge in [-0.3, -0.25) is 4.99 Å². The number of hydrogen-bond donors (Lipinski definition) is 0. The summed E-state index contributed by atoms with van der Waals surface area (Å²) in [7, 11) is 0. The molecule has 0 fully saturated rings. The average molecular weight is 198 g/mol. The van der Waals surface area contributed by atoms with Gasteiger partial charge in [-0.05, 0) is 13.0 Å². The fourth-order valence-electron chi connectivity index (χ4n) is 0.851. The van der Waals surface area contributed by atoms with Crippen molar-refractivity contribution in [3.8, 4) is 0 Å². The van der Waals surface area contributed by atoms with Crippen molar-refractivity contribution in [1.29, 1.82) is 0 Å². The molecule has 0 aliphatic carbocycles. The van der Waals surface area contributed by atoms with Crippen LogP contribution in [0.3, 0.4) is 0 Å². The molecule has 0 saturated carbocycles. The Labute approximate surface area is 71.0 Å². The number of nitrogens with zero attached hydrogens (tertiary/aromatic N) is 1. The Balaban J connectivity index is 2.94. The summed E-state index contributed by atoms with van der Waals surface area (Å²) in [6.45, 7) is 1.05. The van der Waals surface area contributed by atoms with E-state index in [4.69, 9.17) is 0 Å². The summed E-state index contributed by atoms with van der Waals surface area (Å²) >= 11 is 0. The minimum atomic E-state index is -4.80. The lowest BCUT2D eigenvalue weighted by atomic mass is 10.1. The van der Waals surface area contributed by atoms with Crippen LogP contribution < -0.4 is 0 Å². The zero-order valence-electron chi connectivity index (χ0n) is 6.49. The van der Waals surface area contributed by atoms with E-state index in [2.05, 4.69) is 4.99 Å². The van der Waals surface area contributed by atoms with Crippen molar-refractivity contribution in [2.75, 3.05) is 0 Å². The van der Waals surface area contributed by atoms with Gasteiger partial charge in [0.15, 0.2) is 6.04 Å². The van der Waals surface area contributed by atoms with Gasteiger partial charge in [-0.15, -0.1) is 0 Å². The van der Waals surface area contributed by atoms with Crippen molar-refractivity contribution in [1.82, 2.24) is 0 Å². The van der Waals surface area contributed by atoms with E-state index in [1.54, 1.807) is 0 Å². The standard InChI is InChI=1S/C7H5F5N/c1-3-4(8)2-5(9)6(13-3)7(10,11)12/h2,6H,1H3. The number of alkyl halides is 3. The lowest BCUT2D eigenvalue weighted by Gasteiger charge is -2.20. The van der Waals surface area contributed by atoms with E-state index < -0.39 is 29.9 Å². The molecule has 0 amide bonds. The van der Waals surface area contributed by atoms with Crippen molar-refractivity contribution in [2.45, 2.75) is 19.1 Å². The van der Waals surface area contributed by atoms with Gasteiger partial charge < -0.3 is 0 Å². The zero-order valence-corrected chi connectivity index (χ0v) is 6.49. The molecular weight excluding hydrogens is 193 g/mol. The molecule has 1 nitrogen and oxygen atoms in total. The molecule has 73 valence electrons. The Hall–Kier alpha value is -0.940. The first-order chi connectivity index (χ1) is 5.82. The Bertz CT molecular complexity index is 265. The van der Waals surface area contributed by atoms with E-state index in [0.29, 0.717) is 0 Å². The molecule has 1 rings (SSSR count). The molecule has 0 saturated heterocycles. The first-order valence-corrected chi connectivity index (χ1v) is 3.33. The maximum absolute atomic E-state index is 12.5. The van der Waals surface area contributed by atoms with Crippen LogP contribution in [0.1, 0.15) is 6.92 Å². The molecule has 0 aromatic carbocycles. The van der Waals surface area contributed by atoms with Crippen LogP contribution in [-0.2, 0) is 0 Å². The van der Waals surface area contributed by atoms with Gasteiger partial charge in [-0.2, -0.15) is 13.2 Å². The third-order valence-corrected chi connectivity index (χ3v) is 1.50. The lowest BCUT2D eigenvalue weighted by molar-refractivity contribution is -0.146. The molecule has 0 aromatic rings. The van der Waals surface area contributed by atoms with E-state index in [-0.39, 0.29) is 6.08 Å². The number of dihydropyridines is 1. The highest BCUT2D eigenvalue weighted by Crippen LogP contribution is 2.35. The Morgan fingerprint density at radius 2 is 1.85 bits per heavy atom. The zero-order chi connectivity index (χ0) is 10.2. The van der Waals surface area contributed by atoms with Gasteiger partial charge in [0.2, 0.25) is 6.17 Å². The summed E-state index contributed by atoms with van der Waals surface area (Å²) in [4.78, 5) is 2.85. The maximum atomic E-state index is 12.5. The lowest BCUT2D eigenvalue weighted by Crippen LogP contribution is -2.33. The fourth-order valence-corrected chi connectivity index (χ4v) is 0.851. The Kier molecular flexibility index (Phi) is 2.40. The van der Waals surface area contributed by atoms with Crippen LogP contribution >= 0.6 is 0 Å². The molecule has 0 spiro atoms. The van der Waals surface area contributed by atoms with Gasteiger partial charge in [-0.1, -0.05) is 0 Å². The molecule has 1 atom stereocenters. The molecule has 0 bridgehead atoms. The summed E-state index contributed by atoms with van der Waals surface area (Å²) in [5.74, 6) is -1.07. The highest BCUT2D eigenvalue weighted by molar-refractivity contribution is 5.97. The third kappa shape index (κ3) is 2.05. The Morgan fingerprint density at radius 3 is 2.31 bits per heavy atom. The van der Waals surface area contributed by atoms with Gasteiger partial charge >= 0.3 is 6.18 Å². The van der Waals surface area contributed by atoms with Crippen molar-refractivity contribution < 1.29 is 22.0 Å². The number of rotatable bonds is 0. The van der Waals surface area contributed by atoms with Crippen molar-refractivity contribution >= 4 is 5.71 Å². The predicted molar refractivity (Wildman–Crippen MR) is 36.5 cm³/mol. The fraction of sp³-hybridized carbons (Fsp3) is 0.429. The molecular formula is C7H5F5N. The summed E-state index contributed by atoms with van der Waals surface area (Å²) in [6.07, 6.45) is -6.21. The van der Waals surface area contributed by atoms with E-state index >= 15 is 0 Å². The number of allylic oxidation sites excluding steroid dienone is 1. The van der Waals surface area contributed by atoms with E-state index in [1.165, 1.54) is 0 Å². The molecule has 1 unspecified atom stereocenters. The van der Waals surface area contributed by atoms with Gasteiger partial charge in [-0.25, -0.2) is 8.78 Å². The van der Waals surface area contributed by atoms with Crippen LogP contribution in [-0.4, -0.2) is 17.9 Å². The van der Waals surface area contributed by atoms with Crippen LogP contribution in [0.25, 0.3) is 0 Å². The maximum Gasteiger partial charge on any atom is 0.414 e. The van der Waals surface area contributed by atoms with Gasteiger partial charge in [0, 0.05) is 0 Å². The average Bonchev–Trinajstić information content (AvgIpc) is 1.94. The number of hydrogen-bond acceptors (Lipinski definition) is 1. The van der Waals surface area contributed by atoms with E-state index in [9.17, 15) is 22.0 Å². The van der Waals surface area contributed by atoms with Gasteiger partial charge in [0.05, 0.1) is 5.71 Å². The second-order valence-corrected chi connectivity index (χ2v) is 2.54. The van der Waals surface area contributed by atoms with Gasteiger partial charge in [0.25, 0.3) is 0 Å². The SMILES string of the molecule is CC1=NC(C(F)(F)F)[C](F)C=C1F. The first kappa shape index (κ1) is 10.1. The molecule has 0 aromatic heterocycles. The van der Waals surface area contributed by atoms with Crippen LogP contribution in [0.5, 0.6) is 0 Å². The van der Waals surface area contributed by atoms with Crippen molar-refractivity contribution in [2.24, 2.45) is 4.99 Å². The molecule has 13 heavy (non-hydrogen) atoms. The summed E-state index contributed by atoms with van der Waals surface area (Å²) in [5, 5.41) is 0. The van der Waals surface area contributed by atoms with Crippen LogP contribution in [0.4, 0.5) is 22.0 Å². The number of aliphatic imine (C=N–C) groups is 1. The summed E-state index contributed by atoms with van der Waals surface area (Å²) < 4.78 is 60.9. The first-order valence-electron chi connectivity index (χ1n) is 3.33.